The Morgan fingerprint density at radius 2 is 1.70 bits per heavy atom. The average Bonchev–Trinajstić information content (AvgIpc) is 2.99. The molecule has 13 nitrogen and oxygen atoms in total. The van der Waals surface area contributed by atoms with Crippen LogP contribution in [-0.2, 0) is 9.59 Å². The third-order valence-corrected chi connectivity index (χ3v) is 5.88. The monoisotopic (exact) mass is 665 g/mol. The van der Waals surface area contributed by atoms with Gasteiger partial charge in [0, 0.05) is 24.0 Å². The number of alkyl halides is 3. The second-order valence-electron chi connectivity index (χ2n) is 10.0. The predicted molar refractivity (Wildman–Crippen MR) is 164 cm³/mol. The topological polar surface area (TPSA) is 192 Å². The number of halogens is 4. The van der Waals surface area contributed by atoms with Crippen LogP contribution in [0.3, 0.4) is 0 Å². The van der Waals surface area contributed by atoms with Gasteiger partial charge in [0.1, 0.15) is 18.0 Å². The molecule has 0 bridgehead atoms. The van der Waals surface area contributed by atoms with Gasteiger partial charge in [-0.05, 0) is 76.0 Å². The first-order valence-corrected chi connectivity index (χ1v) is 13.8. The number of likely N-dealkylation sites (N-methyl/N-ethyl adjacent to an activating group) is 1. The molecule has 1 aromatic heterocycles. The molecule has 2 atom stereocenters. The molecule has 7 N–H and O–H groups in total. The Bertz CT molecular complexity index is 1540. The van der Waals surface area contributed by atoms with E-state index in [-0.39, 0.29) is 17.5 Å². The summed E-state index contributed by atoms with van der Waals surface area (Å²) >= 11 is 0. The van der Waals surface area contributed by atoms with Crippen molar-refractivity contribution >= 4 is 29.3 Å². The van der Waals surface area contributed by atoms with Crippen LogP contribution in [0, 0.1) is 11.2 Å². The lowest BCUT2D eigenvalue weighted by molar-refractivity contribution is -0.192. The van der Waals surface area contributed by atoms with Gasteiger partial charge in [0.2, 0.25) is 0 Å². The Labute approximate surface area is 267 Å². The van der Waals surface area contributed by atoms with E-state index in [1.807, 2.05) is 32.8 Å². The fraction of sp³-hybridized carbons (Fsp3) is 0.300. The fourth-order valence-electron chi connectivity index (χ4n) is 3.87. The highest BCUT2D eigenvalue weighted by molar-refractivity contribution is 5.97. The maximum atomic E-state index is 14.0. The second-order valence-corrected chi connectivity index (χ2v) is 10.0. The number of hydrogen-bond acceptors (Lipinski definition) is 9. The average molecular weight is 666 g/mol. The van der Waals surface area contributed by atoms with Crippen LogP contribution in [0.15, 0.2) is 60.9 Å². The number of rotatable bonds is 12. The molecule has 2 aromatic carbocycles. The number of aliphatic carboxylic acids is 1. The summed E-state index contributed by atoms with van der Waals surface area (Å²) in [6, 6.07) is 11.9. The van der Waals surface area contributed by atoms with E-state index in [4.69, 9.17) is 30.5 Å². The number of benzene rings is 2. The highest BCUT2D eigenvalue weighted by Crippen LogP contribution is 2.33. The van der Waals surface area contributed by atoms with Gasteiger partial charge in [0.15, 0.2) is 17.3 Å². The van der Waals surface area contributed by atoms with Gasteiger partial charge in [-0.15, -0.1) is 0 Å². The van der Waals surface area contributed by atoms with Gasteiger partial charge in [0.25, 0.3) is 11.8 Å². The zero-order chi connectivity index (χ0) is 35.3. The van der Waals surface area contributed by atoms with Crippen LogP contribution in [0.2, 0.25) is 0 Å². The maximum absolute atomic E-state index is 14.0. The Morgan fingerprint density at radius 3 is 2.23 bits per heavy atom. The fourth-order valence-corrected chi connectivity index (χ4v) is 3.87. The molecule has 0 radical (unpaired) electrons. The minimum atomic E-state index is -5.08. The van der Waals surface area contributed by atoms with Crippen LogP contribution in [0.1, 0.15) is 41.4 Å². The van der Waals surface area contributed by atoms with Crippen molar-refractivity contribution < 1.29 is 46.5 Å². The molecule has 0 spiro atoms. The molecule has 1 heterocycles. The smallest absolute Gasteiger partial charge is 0.490 e. The van der Waals surface area contributed by atoms with Gasteiger partial charge >= 0.3 is 12.1 Å². The molecule has 0 saturated carbocycles. The van der Waals surface area contributed by atoms with E-state index in [2.05, 4.69) is 21.2 Å². The number of nitrogens with two attached hydrogens (primary N) is 1. The van der Waals surface area contributed by atoms with Crippen LogP contribution >= 0.6 is 0 Å². The lowest BCUT2D eigenvalue weighted by Gasteiger charge is -2.23. The number of nitrogen functional groups attached to an aromatic ring is 1. The minimum Gasteiger partial charge on any atom is -0.490 e. The summed E-state index contributed by atoms with van der Waals surface area (Å²) in [7, 11) is 3.90. The summed E-state index contributed by atoms with van der Waals surface area (Å²) in [5.74, 6) is -4.18. The molecule has 2 amide bonds. The minimum absolute atomic E-state index is 0.0904. The molecule has 2 unspecified atom stereocenters. The number of amidine groups is 1. The zero-order valence-electron chi connectivity index (χ0n) is 25.8. The number of carboxylic acids is 1. The SMILES string of the molecule is CCOc1cc(C(Nc2ccc(C(=N)N)cc2)C(=O)NNC(=O)c2ccncc2F)ccc1OC(C)CN(C)C.O=C(O)C(F)(F)F. The lowest BCUT2D eigenvalue weighted by atomic mass is 10.0. The number of carboxylic acid groups (broad SMARTS) is 1. The molecular formula is C30H35F4N7O6. The van der Waals surface area contributed by atoms with Crippen molar-refractivity contribution in [1.82, 2.24) is 20.7 Å². The van der Waals surface area contributed by atoms with Crippen LogP contribution in [-0.4, -0.2) is 78.1 Å². The van der Waals surface area contributed by atoms with Crippen molar-refractivity contribution in [2.24, 2.45) is 5.73 Å². The molecule has 3 aromatic rings. The van der Waals surface area contributed by atoms with Crippen LogP contribution in [0.25, 0.3) is 0 Å². The summed E-state index contributed by atoms with van der Waals surface area (Å²) in [5, 5.41) is 17.8. The standard InChI is InChI=1S/C28H34FN7O4.C2HF3O2/c1-5-39-24-14-19(8-11-23(24)40-17(2)16-36(3)4)25(33-20-9-6-18(7-10-20)26(30)31)28(38)35-34-27(37)21-12-13-32-15-22(21)29;3-2(4,5)1(6)7/h6-15,17,25,33H,5,16H2,1-4H3,(H3,30,31)(H,34,37)(H,35,38);(H,6,7). The number of nitrogens with zero attached hydrogens (tertiary/aromatic N) is 2. The quantitative estimate of drug-likeness (QED) is 0.0723. The van der Waals surface area contributed by atoms with E-state index in [1.165, 1.54) is 12.3 Å². The van der Waals surface area contributed by atoms with Gasteiger partial charge in [-0.1, -0.05) is 6.07 Å². The lowest BCUT2D eigenvalue weighted by Crippen LogP contribution is -2.45. The molecule has 0 aliphatic heterocycles. The van der Waals surface area contributed by atoms with Gasteiger partial charge in [-0.25, -0.2) is 9.18 Å². The number of hydrazine groups is 1. The molecule has 0 saturated heterocycles. The number of carbonyl (C=O) groups is 3. The molecule has 17 heteroatoms. The Balaban J connectivity index is 0.000000984. The van der Waals surface area contributed by atoms with Crippen molar-refractivity contribution in [1.29, 1.82) is 5.41 Å². The summed E-state index contributed by atoms with van der Waals surface area (Å²) in [6.07, 6.45) is -3.03. The first-order valence-electron chi connectivity index (χ1n) is 13.8. The first-order chi connectivity index (χ1) is 22.0. The Kier molecular flexibility index (Phi) is 13.9. The molecule has 0 aliphatic carbocycles. The Hall–Kier alpha value is -5.45. The van der Waals surface area contributed by atoms with E-state index in [9.17, 15) is 27.2 Å². The summed E-state index contributed by atoms with van der Waals surface area (Å²) < 4.78 is 57.6. The number of nitrogens with one attached hydrogen (secondary N) is 4. The highest BCUT2D eigenvalue weighted by Gasteiger charge is 2.38. The van der Waals surface area contributed by atoms with Crippen molar-refractivity contribution in [3.8, 4) is 11.5 Å². The van der Waals surface area contributed by atoms with Gasteiger partial charge in [-0.2, -0.15) is 13.2 Å². The maximum Gasteiger partial charge on any atom is 0.490 e. The zero-order valence-corrected chi connectivity index (χ0v) is 25.8. The van der Waals surface area contributed by atoms with E-state index in [0.29, 0.717) is 41.5 Å². The molecular weight excluding hydrogens is 630 g/mol. The molecule has 254 valence electrons. The van der Waals surface area contributed by atoms with Crippen molar-refractivity contribution in [2.75, 3.05) is 32.6 Å². The van der Waals surface area contributed by atoms with Crippen molar-refractivity contribution in [3.63, 3.8) is 0 Å². The number of anilines is 1. The van der Waals surface area contributed by atoms with Crippen molar-refractivity contribution in [2.45, 2.75) is 32.2 Å². The summed E-state index contributed by atoms with van der Waals surface area (Å²) in [4.78, 5) is 40.4. The molecule has 3 rings (SSSR count). The number of aromatic nitrogens is 1. The number of carbonyl (C=O) groups excluding carboxylic acids is 2. The predicted octanol–water partition coefficient (Wildman–Crippen LogP) is 3.48. The van der Waals surface area contributed by atoms with Crippen LogP contribution in [0.4, 0.5) is 23.2 Å². The van der Waals surface area contributed by atoms with Crippen LogP contribution < -0.4 is 31.4 Å². The number of hydrogen-bond donors (Lipinski definition) is 6. The van der Waals surface area contributed by atoms with Gasteiger partial charge < -0.3 is 30.5 Å². The van der Waals surface area contributed by atoms with Crippen molar-refractivity contribution in [3.05, 3.63) is 83.4 Å². The number of pyridine rings is 1. The summed E-state index contributed by atoms with van der Waals surface area (Å²) in [5.41, 5.74) is 11.5. The van der Waals surface area contributed by atoms with E-state index >= 15 is 0 Å². The number of ether oxygens (including phenoxy) is 2. The second kappa shape index (κ2) is 17.3. The third kappa shape index (κ3) is 12.1. The van der Waals surface area contributed by atoms with Gasteiger partial charge in [-0.3, -0.25) is 30.8 Å². The largest absolute Gasteiger partial charge is 0.490 e. The molecule has 0 fully saturated rings. The van der Waals surface area contributed by atoms with E-state index < -0.39 is 35.8 Å². The van der Waals surface area contributed by atoms with Gasteiger partial charge in [0.05, 0.1) is 18.4 Å². The third-order valence-electron chi connectivity index (χ3n) is 5.88. The number of amides is 2. The first kappa shape index (κ1) is 37.7. The molecule has 0 aliphatic rings. The molecule has 47 heavy (non-hydrogen) atoms. The van der Waals surface area contributed by atoms with E-state index in [1.54, 1.807) is 42.5 Å². The summed E-state index contributed by atoms with van der Waals surface area (Å²) in [6.45, 7) is 4.84. The normalized spacial score (nSPS) is 12.1. The highest BCUT2D eigenvalue weighted by atomic mass is 19.4. The van der Waals surface area contributed by atoms with Crippen LogP contribution in [0.5, 0.6) is 11.5 Å². The van der Waals surface area contributed by atoms with E-state index in [0.717, 1.165) is 6.20 Å². The Morgan fingerprint density at radius 1 is 1.06 bits per heavy atom.